The van der Waals surface area contributed by atoms with E-state index in [1.807, 2.05) is 55.5 Å². The standard InChI is InChI=1S/C22H23ClN4O/c1-15-3-2-4-16(11-15)12-22(28)24-19-9-10-27(14-19)21-13-20(25-26-21)17-5-7-18(23)8-6-17/h2-8,11,13,19H,9-10,12,14H2,1H3,(H,24,28)(H,25,26)/t19-/m0/s1. The molecule has 1 fully saturated rings. The summed E-state index contributed by atoms with van der Waals surface area (Å²) in [5.74, 6) is 0.974. The van der Waals surface area contributed by atoms with Gasteiger partial charge in [-0.15, -0.1) is 0 Å². The molecule has 3 aromatic rings. The molecule has 1 amide bonds. The second kappa shape index (κ2) is 8.07. The number of hydrogen-bond donors (Lipinski definition) is 2. The van der Waals surface area contributed by atoms with Gasteiger partial charge in [-0.05, 0) is 36.6 Å². The smallest absolute Gasteiger partial charge is 0.224 e. The van der Waals surface area contributed by atoms with Crippen molar-refractivity contribution in [2.75, 3.05) is 18.0 Å². The van der Waals surface area contributed by atoms with Gasteiger partial charge in [-0.2, -0.15) is 5.10 Å². The van der Waals surface area contributed by atoms with Crippen LogP contribution in [0.3, 0.4) is 0 Å². The number of carbonyl (C=O) groups excluding carboxylic acids is 1. The first-order chi connectivity index (χ1) is 13.6. The van der Waals surface area contributed by atoms with Gasteiger partial charge in [0.05, 0.1) is 12.1 Å². The molecular formula is C22H23ClN4O. The number of H-pyrrole nitrogens is 1. The van der Waals surface area contributed by atoms with E-state index in [1.54, 1.807) is 0 Å². The maximum Gasteiger partial charge on any atom is 0.224 e. The highest BCUT2D eigenvalue weighted by Gasteiger charge is 2.25. The lowest BCUT2D eigenvalue weighted by molar-refractivity contribution is -0.121. The van der Waals surface area contributed by atoms with Crippen LogP contribution in [0.2, 0.25) is 5.02 Å². The van der Waals surface area contributed by atoms with Crippen LogP contribution in [-0.4, -0.2) is 35.2 Å². The Bertz CT molecular complexity index is 967. The van der Waals surface area contributed by atoms with Gasteiger partial charge in [0.1, 0.15) is 0 Å². The second-order valence-electron chi connectivity index (χ2n) is 7.31. The van der Waals surface area contributed by atoms with Crippen molar-refractivity contribution < 1.29 is 4.79 Å². The lowest BCUT2D eigenvalue weighted by Gasteiger charge is -2.16. The highest BCUT2D eigenvalue weighted by atomic mass is 35.5. The molecule has 0 saturated carbocycles. The molecule has 0 spiro atoms. The summed E-state index contributed by atoms with van der Waals surface area (Å²) < 4.78 is 0. The van der Waals surface area contributed by atoms with Gasteiger partial charge in [-0.25, -0.2) is 0 Å². The first kappa shape index (κ1) is 18.6. The maximum absolute atomic E-state index is 12.4. The Labute approximate surface area is 169 Å². The molecule has 1 aromatic heterocycles. The molecule has 6 heteroatoms. The fraction of sp³-hybridized carbons (Fsp3) is 0.273. The predicted octanol–water partition coefficient (Wildman–Crippen LogP) is 3.98. The van der Waals surface area contributed by atoms with Crippen molar-refractivity contribution in [1.82, 2.24) is 15.5 Å². The van der Waals surface area contributed by atoms with Crippen LogP contribution in [0.1, 0.15) is 17.5 Å². The first-order valence-corrected chi connectivity index (χ1v) is 9.86. The van der Waals surface area contributed by atoms with Crippen LogP contribution >= 0.6 is 11.6 Å². The topological polar surface area (TPSA) is 61.0 Å². The highest BCUT2D eigenvalue weighted by Crippen LogP contribution is 2.25. The van der Waals surface area contributed by atoms with Crippen molar-refractivity contribution in [2.24, 2.45) is 0 Å². The van der Waals surface area contributed by atoms with Crippen molar-refractivity contribution in [2.45, 2.75) is 25.8 Å². The normalized spacial score (nSPS) is 16.4. The van der Waals surface area contributed by atoms with Crippen molar-refractivity contribution in [3.05, 3.63) is 70.7 Å². The number of nitrogens with zero attached hydrogens (tertiary/aromatic N) is 2. The largest absolute Gasteiger partial charge is 0.353 e. The molecule has 4 rings (SSSR count). The summed E-state index contributed by atoms with van der Waals surface area (Å²) in [6.45, 7) is 3.68. The molecule has 1 aliphatic heterocycles. The van der Waals surface area contributed by atoms with Crippen LogP contribution in [0.4, 0.5) is 5.82 Å². The van der Waals surface area contributed by atoms with Crippen molar-refractivity contribution in [1.29, 1.82) is 0 Å². The molecule has 1 saturated heterocycles. The number of amides is 1. The molecule has 5 nitrogen and oxygen atoms in total. The second-order valence-corrected chi connectivity index (χ2v) is 7.75. The van der Waals surface area contributed by atoms with Crippen LogP contribution in [0, 0.1) is 6.92 Å². The molecule has 1 atom stereocenters. The third-order valence-electron chi connectivity index (χ3n) is 5.04. The van der Waals surface area contributed by atoms with Crippen molar-refractivity contribution >= 4 is 23.3 Å². The average molecular weight is 395 g/mol. The Balaban J connectivity index is 1.34. The van der Waals surface area contributed by atoms with Gasteiger partial charge in [0.25, 0.3) is 0 Å². The lowest BCUT2D eigenvalue weighted by atomic mass is 10.1. The molecule has 2 heterocycles. The van der Waals surface area contributed by atoms with Gasteiger partial charge in [0.15, 0.2) is 5.82 Å². The zero-order chi connectivity index (χ0) is 19.5. The summed E-state index contributed by atoms with van der Waals surface area (Å²) in [6, 6.07) is 17.9. The maximum atomic E-state index is 12.4. The third-order valence-corrected chi connectivity index (χ3v) is 5.30. The Kier molecular flexibility index (Phi) is 5.35. The molecule has 144 valence electrons. The van der Waals surface area contributed by atoms with E-state index < -0.39 is 0 Å². The van der Waals surface area contributed by atoms with Crippen molar-refractivity contribution in [3.63, 3.8) is 0 Å². The van der Waals surface area contributed by atoms with Gasteiger partial charge in [0, 0.05) is 30.2 Å². The monoisotopic (exact) mass is 394 g/mol. The minimum absolute atomic E-state index is 0.0707. The van der Waals surface area contributed by atoms with E-state index in [9.17, 15) is 4.79 Å². The number of aromatic nitrogens is 2. The minimum atomic E-state index is 0.0707. The molecule has 1 aliphatic rings. The number of anilines is 1. The number of aromatic amines is 1. The van der Waals surface area contributed by atoms with E-state index in [2.05, 4.69) is 26.5 Å². The van der Waals surface area contributed by atoms with E-state index in [4.69, 9.17) is 11.6 Å². The Hall–Kier alpha value is -2.79. The number of hydrogen-bond acceptors (Lipinski definition) is 3. The molecule has 2 aromatic carbocycles. The molecule has 0 bridgehead atoms. The first-order valence-electron chi connectivity index (χ1n) is 9.48. The van der Waals surface area contributed by atoms with Crippen LogP contribution in [0.5, 0.6) is 0 Å². The number of carbonyl (C=O) groups is 1. The third kappa shape index (κ3) is 4.37. The molecule has 2 N–H and O–H groups in total. The van der Waals surface area contributed by atoms with Gasteiger partial charge in [-0.1, -0.05) is 53.6 Å². The van der Waals surface area contributed by atoms with Crippen LogP contribution in [0.15, 0.2) is 54.6 Å². The number of aryl methyl sites for hydroxylation is 1. The van der Waals surface area contributed by atoms with Gasteiger partial charge >= 0.3 is 0 Å². The summed E-state index contributed by atoms with van der Waals surface area (Å²) in [4.78, 5) is 14.6. The Morgan fingerprint density at radius 1 is 1.25 bits per heavy atom. The van der Waals surface area contributed by atoms with Gasteiger partial charge < -0.3 is 10.2 Å². The van der Waals surface area contributed by atoms with Gasteiger partial charge in [-0.3, -0.25) is 9.89 Å². The highest BCUT2D eigenvalue weighted by molar-refractivity contribution is 6.30. The fourth-order valence-corrected chi connectivity index (χ4v) is 3.75. The number of halogens is 1. The summed E-state index contributed by atoms with van der Waals surface area (Å²) >= 11 is 5.96. The minimum Gasteiger partial charge on any atom is -0.353 e. The zero-order valence-electron chi connectivity index (χ0n) is 15.8. The molecule has 0 radical (unpaired) electrons. The fourth-order valence-electron chi connectivity index (χ4n) is 3.62. The van der Waals surface area contributed by atoms with Crippen LogP contribution in [0.25, 0.3) is 11.3 Å². The van der Waals surface area contributed by atoms with E-state index in [0.29, 0.717) is 11.4 Å². The van der Waals surface area contributed by atoms with Crippen LogP contribution in [-0.2, 0) is 11.2 Å². The average Bonchev–Trinajstić information content (AvgIpc) is 3.32. The summed E-state index contributed by atoms with van der Waals surface area (Å²) in [6.07, 6.45) is 1.34. The lowest BCUT2D eigenvalue weighted by Crippen LogP contribution is -2.38. The number of nitrogens with one attached hydrogen (secondary N) is 2. The quantitative estimate of drug-likeness (QED) is 0.688. The van der Waals surface area contributed by atoms with E-state index >= 15 is 0 Å². The molecule has 28 heavy (non-hydrogen) atoms. The Morgan fingerprint density at radius 3 is 2.86 bits per heavy atom. The van der Waals surface area contributed by atoms with Crippen LogP contribution < -0.4 is 10.2 Å². The number of rotatable bonds is 5. The van der Waals surface area contributed by atoms with E-state index in [-0.39, 0.29) is 11.9 Å². The SMILES string of the molecule is Cc1cccc(CC(=O)N[C@H]2CCN(c3cc(-c4ccc(Cl)cc4)[nH]n3)C2)c1. The van der Waals surface area contributed by atoms with E-state index in [1.165, 1.54) is 5.56 Å². The summed E-state index contributed by atoms with van der Waals surface area (Å²) in [5.41, 5.74) is 4.23. The predicted molar refractivity (Wildman–Crippen MR) is 113 cm³/mol. The summed E-state index contributed by atoms with van der Waals surface area (Å²) in [5, 5.41) is 11.4. The Morgan fingerprint density at radius 2 is 2.07 bits per heavy atom. The van der Waals surface area contributed by atoms with E-state index in [0.717, 1.165) is 42.1 Å². The molecule has 0 unspecified atom stereocenters. The molecule has 0 aliphatic carbocycles. The molecular weight excluding hydrogens is 372 g/mol. The zero-order valence-corrected chi connectivity index (χ0v) is 16.5. The number of benzene rings is 2. The summed E-state index contributed by atoms with van der Waals surface area (Å²) in [7, 11) is 0. The van der Waals surface area contributed by atoms with Gasteiger partial charge in [0.2, 0.25) is 5.91 Å². The van der Waals surface area contributed by atoms with Crippen molar-refractivity contribution in [3.8, 4) is 11.3 Å².